The zero-order valence-corrected chi connectivity index (χ0v) is 32.7. The lowest BCUT2D eigenvalue weighted by Crippen LogP contribution is -2.55. The van der Waals surface area contributed by atoms with Crippen LogP contribution in [0.25, 0.3) is 10.1 Å². The molecule has 3 fully saturated rings. The molecular weight excluding hydrogens is 767 g/mol. The Morgan fingerprint density at radius 2 is 1.84 bits per heavy atom. The number of carbonyl (C=O) groups is 3. The van der Waals surface area contributed by atoms with Gasteiger partial charge in [0, 0.05) is 54.7 Å². The number of hydrogen-bond donors (Lipinski definition) is 2. The number of thiophene rings is 1. The lowest BCUT2D eigenvalue weighted by Gasteiger charge is -2.43. The minimum Gasteiger partial charge on any atom is -0.464 e. The number of ether oxygens (including phenoxy) is 1. The van der Waals surface area contributed by atoms with Crippen molar-refractivity contribution in [3.05, 3.63) is 95.1 Å². The number of rotatable bonds is 14. The number of fused-ring (bicyclic) bond motifs is 2. The van der Waals surface area contributed by atoms with E-state index in [4.69, 9.17) is 9.26 Å². The molecule has 3 saturated heterocycles. The van der Waals surface area contributed by atoms with Gasteiger partial charge in [-0.1, -0.05) is 30.3 Å². The number of amides is 2. The highest BCUT2D eigenvalue weighted by Gasteiger charge is 2.43. The number of pyridine rings is 1. The molecule has 5 atom stereocenters. The first kappa shape index (κ1) is 39.9. The minimum absolute atomic E-state index is 0.0174. The monoisotopic (exact) mass is 811 g/mol. The standard InChI is InChI=1S/C40H45F3N5O6PS/c1-26(39(51)53-18-16-40(41,42)43)46-55(52,54-33-9-3-2-4-10-33)25-27-12-15-35-29(19-27)20-36(56-35)37(49)45-34-11-5-8-31-13-14-32(48(31)38(34)50)24-47-22-30(23-47)28-7-6-17-44-21-28/h2-4,6-7,9-10,12,15,17,19-21,26,30-32,34H,5,8,11,13-14,16,18,22-25H2,1H3,(H,45,49)(H,46,52)/t26-,31-,32?,34-,55?/m0/s1. The van der Waals surface area contributed by atoms with E-state index in [1.54, 1.807) is 60.8 Å². The van der Waals surface area contributed by atoms with Gasteiger partial charge >= 0.3 is 19.7 Å². The maximum Gasteiger partial charge on any atom is 0.392 e. The Bertz CT molecular complexity index is 2070. The Kier molecular flexibility index (Phi) is 12.2. The smallest absolute Gasteiger partial charge is 0.392 e. The molecule has 0 bridgehead atoms. The molecule has 2 unspecified atom stereocenters. The van der Waals surface area contributed by atoms with E-state index in [2.05, 4.69) is 31.3 Å². The number of benzene rings is 2. The summed E-state index contributed by atoms with van der Waals surface area (Å²) in [6.07, 6.45) is 2.01. The predicted octanol–water partition coefficient (Wildman–Crippen LogP) is 7.28. The van der Waals surface area contributed by atoms with Crippen molar-refractivity contribution < 1.29 is 41.4 Å². The van der Waals surface area contributed by atoms with Crippen LogP contribution in [0.1, 0.15) is 72.2 Å². The highest BCUT2D eigenvalue weighted by molar-refractivity contribution is 7.56. The molecular formula is C40H45F3N5O6PS. The molecule has 2 amide bonds. The van der Waals surface area contributed by atoms with Crippen LogP contribution in [0.2, 0.25) is 0 Å². The summed E-state index contributed by atoms with van der Waals surface area (Å²) in [5, 5.41) is 6.44. The summed E-state index contributed by atoms with van der Waals surface area (Å²) >= 11 is 1.29. The minimum atomic E-state index is -4.49. The second-order valence-corrected chi connectivity index (χ2v) is 18.1. The van der Waals surface area contributed by atoms with Gasteiger partial charge < -0.3 is 19.5 Å². The van der Waals surface area contributed by atoms with E-state index in [-0.39, 0.29) is 35.8 Å². The highest BCUT2D eigenvalue weighted by Crippen LogP contribution is 2.47. The Balaban J connectivity index is 0.996. The summed E-state index contributed by atoms with van der Waals surface area (Å²) in [6.45, 7) is 3.20. The van der Waals surface area contributed by atoms with Gasteiger partial charge in [0.1, 0.15) is 17.8 Å². The Hall–Kier alpha value is -4.30. The van der Waals surface area contributed by atoms with Crippen LogP contribution in [0.5, 0.6) is 5.75 Å². The summed E-state index contributed by atoms with van der Waals surface area (Å²) in [5.74, 6) is -0.623. The Labute approximate surface area is 327 Å². The van der Waals surface area contributed by atoms with Crippen molar-refractivity contribution in [1.29, 1.82) is 0 Å². The molecule has 3 aliphatic rings. The number of esters is 1. The molecule has 7 rings (SSSR count). The maximum absolute atomic E-state index is 14.3. The summed E-state index contributed by atoms with van der Waals surface area (Å²) in [7, 11) is -3.90. The zero-order valence-electron chi connectivity index (χ0n) is 31.0. The molecule has 3 aliphatic heterocycles. The van der Waals surface area contributed by atoms with Crippen molar-refractivity contribution in [2.75, 3.05) is 26.2 Å². The third-order valence-electron chi connectivity index (χ3n) is 10.7. The van der Waals surface area contributed by atoms with E-state index in [0.717, 1.165) is 55.4 Å². The van der Waals surface area contributed by atoms with Crippen LogP contribution in [0, 0.1) is 0 Å². The summed E-state index contributed by atoms with van der Waals surface area (Å²) in [5.41, 5.74) is 1.82. The van der Waals surface area contributed by atoms with E-state index in [1.165, 1.54) is 23.8 Å². The number of nitrogens with one attached hydrogen (secondary N) is 2. The van der Waals surface area contributed by atoms with Gasteiger partial charge in [-0.2, -0.15) is 13.2 Å². The van der Waals surface area contributed by atoms with Crippen LogP contribution in [-0.4, -0.2) is 89.2 Å². The maximum atomic E-state index is 14.3. The van der Waals surface area contributed by atoms with Crippen molar-refractivity contribution in [2.45, 2.75) is 87.9 Å². The molecule has 2 aromatic carbocycles. The normalized spacial score (nSPS) is 22.1. The summed E-state index contributed by atoms with van der Waals surface area (Å²) in [6, 6.07) is 17.9. The number of halogens is 3. The molecule has 56 heavy (non-hydrogen) atoms. The van der Waals surface area contributed by atoms with Crippen LogP contribution < -0.4 is 14.9 Å². The van der Waals surface area contributed by atoms with Crippen LogP contribution >= 0.6 is 18.9 Å². The first-order valence-corrected chi connectivity index (χ1v) is 21.6. The van der Waals surface area contributed by atoms with Gasteiger partial charge in [0.25, 0.3) is 5.91 Å². The van der Waals surface area contributed by atoms with Gasteiger partial charge in [-0.15, -0.1) is 11.3 Å². The molecule has 2 N–H and O–H groups in total. The van der Waals surface area contributed by atoms with E-state index in [9.17, 15) is 32.1 Å². The fourth-order valence-corrected chi connectivity index (χ4v) is 10.9. The summed E-state index contributed by atoms with van der Waals surface area (Å²) in [4.78, 5) is 49.4. The predicted molar refractivity (Wildman–Crippen MR) is 207 cm³/mol. The van der Waals surface area contributed by atoms with Crippen molar-refractivity contribution >= 4 is 46.7 Å². The van der Waals surface area contributed by atoms with Crippen molar-refractivity contribution in [1.82, 2.24) is 25.2 Å². The third-order valence-corrected chi connectivity index (χ3v) is 13.8. The number of hydrogen-bond acceptors (Lipinski definition) is 9. The first-order valence-electron chi connectivity index (χ1n) is 19.0. The SMILES string of the molecule is C[C@H](NP(=O)(Cc1ccc2sc(C(=O)N[C@H]3CCC[C@H]4CCC(CN5CC(c6cccnc6)C5)N4C3=O)cc2c1)Oc1ccccc1)C(=O)OCCC(F)(F)F. The molecule has 16 heteroatoms. The first-order chi connectivity index (χ1) is 26.8. The molecule has 0 spiro atoms. The topological polar surface area (TPSA) is 130 Å². The molecule has 5 heterocycles. The fraction of sp³-hybridized carbons (Fsp3) is 0.450. The van der Waals surface area contributed by atoms with Gasteiger partial charge in [-0.3, -0.25) is 28.8 Å². The highest BCUT2D eigenvalue weighted by atomic mass is 32.1. The van der Waals surface area contributed by atoms with Crippen molar-refractivity contribution in [3.63, 3.8) is 0 Å². The molecule has 298 valence electrons. The molecule has 2 aromatic heterocycles. The lowest BCUT2D eigenvalue weighted by molar-refractivity contribution is -0.160. The number of carbonyl (C=O) groups excluding carboxylic acids is 3. The molecule has 0 aliphatic carbocycles. The van der Waals surface area contributed by atoms with E-state index < -0.39 is 44.8 Å². The van der Waals surface area contributed by atoms with Crippen molar-refractivity contribution in [2.24, 2.45) is 0 Å². The van der Waals surface area contributed by atoms with Gasteiger partial charge in [-0.25, -0.2) is 5.09 Å². The number of nitrogens with zero attached hydrogens (tertiary/aromatic N) is 3. The van der Waals surface area contributed by atoms with Crippen LogP contribution in [-0.2, 0) is 25.1 Å². The van der Waals surface area contributed by atoms with Gasteiger partial charge in [0.2, 0.25) is 5.91 Å². The van der Waals surface area contributed by atoms with E-state index in [0.29, 0.717) is 22.8 Å². The van der Waals surface area contributed by atoms with Crippen LogP contribution in [0.15, 0.2) is 79.1 Å². The second-order valence-electron chi connectivity index (χ2n) is 14.9. The largest absolute Gasteiger partial charge is 0.464 e. The van der Waals surface area contributed by atoms with E-state index >= 15 is 0 Å². The average molecular weight is 812 g/mol. The van der Waals surface area contributed by atoms with Crippen molar-refractivity contribution in [3.8, 4) is 5.75 Å². The van der Waals surface area contributed by atoms with Gasteiger partial charge in [-0.05, 0) is 91.9 Å². The molecule has 11 nitrogen and oxygen atoms in total. The number of para-hydroxylation sites is 1. The van der Waals surface area contributed by atoms with Crippen LogP contribution in [0.4, 0.5) is 13.2 Å². The van der Waals surface area contributed by atoms with Gasteiger partial charge in [0.15, 0.2) is 0 Å². The second kappa shape index (κ2) is 17.1. The Morgan fingerprint density at radius 3 is 2.59 bits per heavy atom. The van der Waals surface area contributed by atoms with Gasteiger partial charge in [0.05, 0.1) is 24.1 Å². The van der Waals surface area contributed by atoms with E-state index in [1.807, 2.05) is 12.3 Å². The quantitative estimate of drug-likeness (QED) is 0.0997. The number of alkyl halides is 3. The fourth-order valence-electron chi connectivity index (χ4n) is 7.89. The molecule has 0 radical (unpaired) electrons. The Morgan fingerprint density at radius 1 is 1.04 bits per heavy atom. The molecule has 4 aromatic rings. The summed E-state index contributed by atoms with van der Waals surface area (Å²) < 4.78 is 63.5. The molecule has 0 saturated carbocycles. The number of likely N-dealkylation sites (tertiary alicyclic amines) is 1. The zero-order chi connectivity index (χ0) is 39.5. The average Bonchev–Trinajstić information content (AvgIpc) is 3.72. The lowest BCUT2D eigenvalue weighted by atomic mass is 9.92. The van der Waals surface area contributed by atoms with Crippen LogP contribution in [0.3, 0.4) is 0 Å². The third kappa shape index (κ3) is 9.79. The number of aromatic nitrogens is 1.